The number of thioether (sulfide) groups is 1. The van der Waals surface area contributed by atoms with Gasteiger partial charge in [0.25, 0.3) is 0 Å². The minimum atomic E-state index is -0.283. The van der Waals surface area contributed by atoms with Crippen LogP contribution in [0.25, 0.3) is 10.2 Å². The van der Waals surface area contributed by atoms with Crippen molar-refractivity contribution in [2.75, 3.05) is 5.75 Å². The topological polar surface area (TPSA) is 42.0 Å². The zero-order valence-corrected chi connectivity index (χ0v) is 15.1. The molecule has 0 bridgehead atoms. The second-order valence-electron chi connectivity index (χ2n) is 5.41. The maximum atomic E-state index is 13.4. The predicted molar refractivity (Wildman–Crippen MR) is 93.0 cm³/mol. The first kappa shape index (κ1) is 16.2. The van der Waals surface area contributed by atoms with E-state index in [0.29, 0.717) is 16.3 Å². The molecule has 1 amide bonds. The number of thiazole rings is 1. The number of nitrogens with one attached hydrogen (secondary N) is 1. The van der Waals surface area contributed by atoms with Crippen LogP contribution in [0.4, 0.5) is 4.39 Å². The molecule has 3 rings (SSSR count). The van der Waals surface area contributed by atoms with Gasteiger partial charge >= 0.3 is 0 Å². The van der Waals surface area contributed by atoms with E-state index in [4.69, 9.17) is 0 Å². The molecular weight excluding hydrogens is 387 g/mol. The van der Waals surface area contributed by atoms with Crippen LogP contribution in [0, 0.1) is 5.82 Å². The number of amides is 1. The Hall–Kier alpha value is -0.660. The number of carbonyl (C=O) groups excluding carboxylic acids is 1. The van der Waals surface area contributed by atoms with Crippen molar-refractivity contribution in [3.63, 3.8) is 0 Å². The van der Waals surface area contributed by atoms with Crippen LogP contribution < -0.4 is 5.32 Å². The average Bonchev–Trinajstić information content (AvgIpc) is 2.89. The molecule has 0 saturated heterocycles. The van der Waals surface area contributed by atoms with Crippen LogP contribution in [0.15, 0.2) is 20.9 Å². The molecule has 0 unspecified atom stereocenters. The highest BCUT2D eigenvalue weighted by atomic mass is 79.9. The standard InChI is InChI=1S/C15H16BrFN2OS2/c16-11-6-9(17)7-12-14(11)19-15(22-12)21-8-13(20)18-10-4-2-1-3-5-10/h6-7,10H,1-5,8H2,(H,18,20). The van der Waals surface area contributed by atoms with Crippen molar-refractivity contribution >= 4 is 55.2 Å². The fourth-order valence-corrected chi connectivity index (χ4v) is 5.22. The highest BCUT2D eigenvalue weighted by Gasteiger charge is 2.16. The van der Waals surface area contributed by atoms with Crippen molar-refractivity contribution < 1.29 is 9.18 Å². The first-order valence-corrected chi connectivity index (χ1v) is 9.89. The van der Waals surface area contributed by atoms with Gasteiger partial charge in [0.1, 0.15) is 5.82 Å². The molecule has 3 nitrogen and oxygen atoms in total. The lowest BCUT2D eigenvalue weighted by Crippen LogP contribution is -2.37. The molecule has 0 atom stereocenters. The van der Waals surface area contributed by atoms with Crippen LogP contribution in [-0.2, 0) is 4.79 Å². The van der Waals surface area contributed by atoms with Gasteiger partial charge in [-0.1, -0.05) is 31.0 Å². The Balaban J connectivity index is 1.59. The summed E-state index contributed by atoms with van der Waals surface area (Å²) in [6.07, 6.45) is 5.86. The molecule has 2 aromatic rings. The highest BCUT2D eigenvalue weighted by Crippen LogP contribution is 2.34. The van der Waals surface area contributed by atoms with Gasteiger partial charge in [-0.2, -0.15) is 0 Å². The van der Waals surface area contributed by atoms with Crippen molar-refractivity contribution in [3.8, 4) is 0 Å². The number of carbonyl (C=O) groups is 1. The lowest BCUT2D eigenvalue weighted by atomic mass is 9.95. The van der Waals surface area contributed by atoms with E-state index in [2.05, 4.69) is 26.2 Å². The molecule has 0 spiro atoms. The summed E-state index contributed by atoms with van der Waals surface area (Å²) in [6, 6.07) is 3.22. The van der Waals surface area contributed by atoms with Crippen LogP contribution >= 0.6 is 39.0 Å². The minimum Gasteiger partial charge on any atom is -0.353 e. The molecule has 1 saturated carbocycles. The van der Waals surface area contributed by atoms with Gasteiger partial charge in [0.2, 0.25) is 5.91 Å². The van der Waals surface area contributed by atoms with E-state index < -0.39 is 0 Å². The second-order valence-corrected chi connectivity index (χ2v) is 8.51. The van der Waals surface area contributed by atoms with Crippen LogP contribution in [-0.4, -0.2) is 22.7 Å². The quantitative estimate of drug-likeness (QED) is 0.750. The number of nitrogens with zero attached hydrogens (tertiary/aromatic N) is 1. The van der Waals surface area contributed by atoms with Crippen LogP contribution in [0.2, 0.25) is 0 Å². The van der Waals surface area contributed by atoms with Gasteiger partial charge in [0.05, 0.1) is 16.0 Å². The fourth-order valence-electron chi connectivity index (χ4n) is 2.64. The molecule has 1 aliphatic rings. The Kier molecular flexibility index (Phi) is 5.36. The summed E-state index contributed by atoms with van der Waals surface area (Å²) in [7, 11) is 0. The molecule has 1 heterocycles. The molecule has 22 heavy (non-hydrogen) atoms. The Morgan fingerprint density at radius 2 is 2.18 bits per heavy atom. The van der Waals surface area contributed by atoms with E-state index in [1.807, 2.05) is 0 Å². The maximum Gasteiger partial charge on any atom is 0.230 e. The lowest BCUT2D eigenvalue weighted by Gasteiger charge is -2.22. The summed E-state index contributed by atoms with van der Waals surface area (Å²) in [5, 5.41) is 3.09. The maximum absolute atomic E-state index is 13.4. The molecule has 118 valence electrons. The molecule has 1 aromatic heterocycles. The zero-order valence-electron chi connectivity index (χ0n) is 11.9. The van der Waals surface area contributed by atoms with Crippen LogP contribution in [0.3, 0.4) is 0 Å². The van der Waals surface area contributed by atoms with Gasteiger partial charge in [0, 0.05) is 10.5 Å². The number of benzene rings is 1. The van der Waals surface area contributed by atoms with Crippen molar-refractivity contribution in [2.24, 2.45) is 0 Å². The Morgan fingerprint density at radius 1 is 1.41 bits per heavy atom. The van der Waals surface area contributed by atoms with E-state index >= 15 is 0 Å². The van der Waals surface area contributed by atoms with Gasteiger partial charge in [-0.15, -0.1) is 11.3 Å². The van der Waals surface area contributed by atoms with Gasteiger partial charge in [-0.3, -0.25) is 4.79 Å². The van der Waals surface area contributed by atoms with Gasteiger partial charge in [-0.25, -0.2) is 9.37 Å². The van der Waals surface area contributed by atoms with E-state index in [0.717, 1.165) is 27.4 Å². The molecule has 1 aromatic carbocycles. The SMILES string of the molecule is O=C(CSc1nc2c(Br)cc(F)cc2s1)NC1CCCCC1. The highest BCUT2D eigenvalue weighted by molar-refractivity contribution is 9.10. The summed E-state index contributed by atoms with van der Waals surface area (Å²) >= 11 is 6.15. The minimum absolute atomic E-state index is 0.0569. The summed E-state index contributed by atoms with van der Waals surface area (Å²) in [5.74, 6) is 0.132. The monoisotopic (exact) mass is 402 g/mol. The van der Waals surface area contributed by atoms with Crippen molar-refractivity contribution in [2.45, 2.75) is 42.5 Å². The number of hydrogen-bond acceptors (Lipinski definition) is 4. The third-order valence-electron chi connectivity index (χ3n) is 3.69. The number of rotatable bonds is 4. The Bertz CT molecular complexity index is 685. The molecular formula is C15H16BrFN2OS2. The molecule has 0 radical (unpaired) electrons. The van der Waals surface area contributed by atoms with E-state index in [9.17, 15) is 9.18 Å². The number of aromatic nitrogens is 1. The van der Waals surface area contributed by atoms with E-state index in [-0.39, 0.29) is 11.7 Å². The predicted octanol–water partition coefficient (Wildman–Crippen LogP) is 4.74. The van der Waals surface area contributed by atoms with Gasteiger partial charge in [-0.05, 0) is 40.9 Å². The average molecular weight is 403 g/mol. The normalized spacial score (nSPS) is 16.1. The summed E-state index contributed by atoms with van der Waals surface area (Å²) in [6.45, 7) is 0. The van der Waals surface area contributed by atoms with Gasteiger partial charge in [0.15, 0.2) is 4.34 Å². The largest absolute Gasteiger partial charge is 0.353 e. The third-order valence-corrected chi connectivity index (χ3v) is 6.44. The molecule has 1 aliphatic carbocycles. The molecule has 1 N–H and O–H groups in total. The molecule has 0 aliphatic heterocycles. The van der Waals surface area contributed by atoms with E-state index in [1.54, 1.807) is 0 Å². The number of fused-ring (bicyclic) bond motifs is 1. The Morgan fingerprint density at radius 3 is 2.95 bits per heavy atom. The summed E-state index contributed by atoms with van der Waals surface area (Å²) < 4.78 is 15.6. The molecule has 1 fully saturated rings. The lowest BCUT2D eigenvalue weighted by molar-refractivity contribution is -0.119. The van der Waals surface area contributed by atoms with Gasteiger partial charge < -0.3 is 5.32 Å². The third kappa shape index (κ3) is 4.00. The van der Waals surface area contributed by atoms with Crippen molar-refractivity contribution in [3.05, 3.63) is 22.4 Å². The first-order chi connectivity index (χ1) is 10.6. The second kappa shape index (κ2) is 7.27. The molecule has 7 heteroatoms. The zero-order chi connectivity index (χ0) is 15.5. The first-order valence-electron chi connectivity index (χ1n) is 7.29. The Labute approximate surface area is 145 Å². The smallest absolute Gasteiger partial charge is 0.230 e. The van der Waals surface area contributed by atoms with Crippen molar-refractivity contribution in [1.82, 2.24) is 10.3 Å². The summed E-state index contributed by atoms with van der Waals surface area (Å²) in [5.41, 5.74) is 0.751. The number of halogens is 2. The number of hydrogen-bond donors (Lipinski definition) is 1. The van der Waals surface area contributed by atoms with Crippen molar-refractivity contribution in [1.29, 1.82) is 0 Å². The van der Waals surface area contributed by atoms with Crippen LogP contribution in [0.5, 0.6) is 0 Å². The fraction of sp³-hybridized carbons (Fsp3) is 0.467. The van der Waals surface area contributed by atoms with Crippen LogP contribution in [0.1, 0.15) is 32.1 Å². The summed E-state index contributed by atoms with van der Waals surface area (Å²) in [4.78, 5) is 16.5. The van der Waals surface area contributed by atoms with E-state index in [1.165, 1.54) is 54.5 Å².